The van der Waals surface area contributed by atoms with E-state index < -0.39 is 18.6 Å². The molecule has 0 saturated heterocycles. The second kappa shape index (κ2) is 10.5. The van der Waals surface area contributed by atoms with Gasteiger partial charge in [0.25, 0.3) is 0 Å². The van der Waals surface area contributed by atoms with Gasteiger partial charge in [0, 0.05) is 11.3 Å². The van der Waals surface area contributed by atoms with Crippen LogP contribution in [0.2, 0.25) is 0 Å². The largest absolute Gasteiger partial charge is 0.493 e. The van der Waals surface area contributed by atoms with Crippen molar-refractivity contribution in [3.05, 3.63) is 65.7 Å². The Morgan fingerprint density at radius 2 is 1.97 bits per heavy atom. The zero-order valence-electron chi connectivity index (χ0n) is 16.3. The first-order valence-electron chi connectivity index (χ1n) is 8.76. The summed E-state index contributed by atoms with van der Waals surface area (Å²) in [4.78, 5) is 22.7. The summed E-state index contributed by atoms with van der Waals surface area (Å²) in [6.45, 7) is 5.16. The van der Waals surface area contributed by atoms with Crippen LogP contribution >= 0.6 is 0 Å². The van der Waals surface area contributed by atoms with Gasteiger partial charge in [-0.2, -0.15) is 5.10 Å². The zero-order chi connectivity index (χ0) is 21.2. The summed E-state index contributed by atoms with van der Waals surface area (Å²) in [7, 11) is 1.45. The van der Waals surface area contributed by atoms with Crippen LogP contribution in [-0.2, 0) is 11.2 Å². The Labute approximate surface area is 168 Å². The molecule has 2 amide bonds. The van der Waals surface area contributed by atoms with E-state index in [2.05, 4.69) is 22.4 Å². The molecular formula is C21H23N3O5. The van der Waals surface area contributed by atoms with Gasteiger partial charge in [0.2, 0.25) is 0 Å². The lowest BCUT2D eigenvalue weighted by atomic mass is 10.1. The van der Waals surface area contributed by atoms with E-state index in [0.29, 0.717) is 34.7 Å². The average Bonchev–Trinajstić information content (AvgIpc) is 2.68. The van der Waals surface area contributed by atoms with Crippen LogP contribution < -0.4 is 20.2 Å². The van der Waals surface area contributed by atoms with Crippen LogP contribution in [-0.4, -0.2) is 37.0 Å². The Kier molecular flexibility index (Phi) is 7.78. The van der Waals surface area contributed by atoms with Crippen molar-refractivity contribution >= 4 is 23.9 Å². The van der Waals surface area contributed by atoms with Crippen molar-refractivity contribution in [1.29, 1.82) is 0 Å². The van der Waals surface area contributed by atoms with Crippen LogP contribution in [0.5, 0.6) is 11.5 Å². The van der Waals surface area contributed by atoms with Gasteiger partial charge in [0.15, 0.2) is 18.1 Å². The van der Waals surface area contributed by atoms with Crippen molar-refractivity contribution in [2.24, 2.45) is 5.10 Å². The van der Waals surface area contributed by atoms with Gasteiger partial charge in [-0.15, -0.1) is 6.58 Å². The molecule has 0 saturated carbocycles. The summed E-state index contributed by atoms with van der Waals surface area (Å²) in [6.07, 6.45) is 3.55. The number of hydrogen-bond acceptors (Lipinski definition) is 5. The van der Waals surface area contributed by atoms with Gasteiger partial charge in [0.05, 0.1) is 13.3 Å². The molecule has 0 aliphatic carbocycles. The molecule has 0 bridgehead atoms. The number of carboxylic acids is 1. The number of carboxylic acid groups (broad SMARTS) is 1. The Morgan fingerprint density at radius 3 is 2.59 bits per heavy atom. The van der Waals surface area contributed by atoms with E-state index in [-0.39, 0.29) is 0 Å². The number of urea groups is 1. The Balaban J connectivity index is 2.11. The first-order chi connectivity index (χ1) is 13.9. The fourth-order valence-electron chi connectivity index (χ4n) is 2.48. The molecule has 0 aliphatic heterocycles. The number of allylic oxidation sites excluding steroid dienone is 1. The summed E-state index contributed by atoms with van der Waals surface area (Å²) in [5.74, 6) is -0.404. The number of methoxy groups -OCH3 is 1. The van der Waals surface area contributed by atoms with Crippen molar-refractivity contribution in [2.45, 2.75) is 13.3 Å². The Bertz CT molecular complexity index is 907. The maximum absolute atomic E-state index is 11.9. The van der Waals surface area contributed by atoms with Crippen molar-refractivity contribution in [1.82, 2.24) is 5.43 Å². The average molecular weight is 397 g/mol. The van der Waals surface area contributed by atoms with Gasteiger partial charge in [-0.3, -0.25) is 0 Å². The lowest BCUT2D eigenvalue weighted by Crippen LogP contribution is -2.24. The lowest BCUT2D eigenvalue weighted by molar-refractivity contribution is -0.139. The number of hydrazone groups is 1. The quantitative estimate of drug-likeness (QED) is 0.342. The summed E-state index contributed by atoms with van der Waals surface area (Å²) in [5.41, 5.74) is 5.45. The molecule has 0 atom stereocenters. The summed E-state index contributed by atoms with van der Waals surface area (Å²) in [5, 5.41) is 15.4. The van der Waals surface area contributed by atoms with Gasteiger partial charge >= 0.3 is 12.0 Å². The van der Waals surface area contributed by atoms with E-state index in [1.54, 1.807) is 30.3 Å². The third kappa shape index (κ3) is 6.69. The van der Waals surface area contributed by atoms with E-state index in [1.807, 2.05) is 19.1 Å². The number of benzene rings is 2. The van der Waals surface area contributed by atoms with Crippen LogP contribution in [0.25, 0.3) is 0 Å². The topological polar surface area (TPSA) is 109 Å². The fraction of sp³-hybridized carbons (Fsp3) is 0.190. The fourth-order valence-corrected chi connectivity index (χ4v) is 2.48. The normalized spacial score (nSPS) is 10.4. The highest BCUT2D eigenvalue weighted by molar-refractivity contribution is 5.90. The van der Waals surface area contributed by atoms with Gasteiger partial charge in [0.1, 0.15) is 0 Å². The number of anilines is 1. The third-order valence-electron chi connectivity index (χ3n) is 3.77. The SMILES string of the molecule is C=CCc1cc(/C=N/NC(=O)Nc2ccc(C)cc2)cc(OC)c1OCC(=O)O. The number of ether oxygens (including phenoxy) is 2. The number of amides is 2. The van der Waals surface area contributed by atoms with E-state index in [1.165, 1.54) is 13.3 Å². The van der Waals surface area contributed by atoms with Gasteiger partial charge in [-0.25, -0.2) is 15.0 Å². The van der Waals surface area contributed by atoms with Gasteiger partial charge in [-0.1, -0.05) is 23.8 Å². The van der Waals surface area contributed by atoms with Crippen LogP contribution in [0.15, 0.2) is 54.2 Å². The molecule has 2 aromatic carbocycles. The molecule has 8 heteroatoms. The standard InChI is InChI=1S/C21H23N3O5/c1-4-5-16-10-15(11-18(28-3)20(16)29-13-19(25)26)12-22-24-21(27)23-17-8-6-14(2)7-9-17/h4,6-12H,1,5,13H2,2-3H3,(H,25,26)(H2,23,24,27)/b22-12+. The number of aryl methyl sites for hydroxylation is 1. The third-order valence-corrected chi connectivity index (χ3v) is 3.77. The monoisotopic (exact) mass is 397 g/mol. The number of nitrogens with zero attached hydrogens (tertiary/aromatic N) is 1. The molecule has 0 fully saturated rings. The predicted octanol–water partition coefficient (Wildman–Crippen LogP) is 3.35. The Hall–Kier alpha value is -3.81. The molecule has 0 spiro atoms. The molecule has 0 radical (unpaired) electrons. The van der Waals surface area contributed by atoms with E-state index in [0.717, 1.165) is 5.56 Å². The number of hydrogen-bond donors (Lipinski definition) is 3. The predicted molar refractivity (Wildman–Crippen MR) is 111 cm³/mol. The van der Waals surface area contributed by atoms with Crippen LogP contribution in [0.1, 0.15) is 16.7 Å². The first kappa shape index (κ1) is 21.5. The number of carbonyl (C=O) groups is 2. The van der Waals surface area contributed by atoms with Crippen molar-refractivity contribution in [2.75, 3.05) is 19.0 Å². The van der Waals surface area contributed by atoms with Crippen molar-refractivity contribution < 1.29 is 24.2 Å². The number of nitrogens with one attached hydrogen (secondary N) is 2. The molecular weight excluding hydrogens is 374 g/mol. The molecule has 0 heterocycles. The van der Waals surface area contributed by atoms with Crippen LogP contribution in [0, 0.1) is 6.92 Å². The minimum atomic E-state index is -1.09. The van der Waals surface area contributed by atoms with Crippen molar-refractivity contribution in [3.8, 4) is 11.5 Å². The summed E-state index contributed by atoms with van der Waals surface area (Å²) < 4.78 is 10.7. The molecule has 0 aliphatic rings. The highest BCUT2D eigenvalue weighted by Crippen LogP contribution is 2.33. The van der Waals surface area contributed by atoms with Gasteiger partial charge < -0.3 is 19.9 Å². The molecule has 8 nitrogen and oxygen atoms in total. The Morgan fingerprint density at radius 1 is 1.24 bits per heavy atom. The van der Waals surface area contributed by atoms with Crippen LogP contribution in [0.4, 0.5) is 10.5 Å². The molecule has 0 aromatic heterocycles. The smallest absolute Gasteiger partial charge is 0.341 e. The molecule has 2 aromatic rings. The zero-order valence-corrected chi connectivity index (χ0v) is 16.3. The molecule has 29 heavy (non-hydrogen) atoms. The molecule has 152 valence electrons. The molecule has 0 unspecified atom stereocenters. The number of rotatable bonds is 9. The summed E-state index contributed by atoms with van der Waals surface area (Å²) in [6, 6.07) is 10.3. The number of aliphatic carboxylic acids is 1. The van der Waals surface area contributed by atoms with Crippen LogP contribution in [0.3, 0.4) is 0 Å². The maximum Gasteiger partial charge on any atom is 0.341 e. The number of carbonyl (C=O) groups excluding carboxylic acids is 1. The summed E-state index contributed by atoms with van der Waals surface area (Å²) >= 11 is 0. The highest BCUT2D eigenvalue weighted by atomic mass is 16.5. The molecule has 2 rings (SSSR count). The second-order valence-corrected chi connectivity index (χ2v) is 6.08. The lowest BCUT2D eigenvalue weighted by Gasteiger charge is -2.14. The molecule has 3 N–H and O–H groups in total. The highest BCUT2D eigenvalue weighted by Gasteiger charge is 2.13. The second-order valence-electron chi connectivity index (χ2n) is 6.08. The maximum atomic E-state index is 11.9. The van der Waals surface area contributed by atoms with E-state index >= 15 is 0 Å². The van der Waals surface area contributed by atoms with Gasteiger partial charge in [-0.05, 0) is 43.2 Å². The minimum Gasteiger partial charge on any atom is -0.493 e. The minimum absolute atomic E-state index is 0.331. The van der Waals surface area contributed by atoms with E-state index in [4.69, 9.17) is 14.6 Å². The van der Waals surface area contributed by atoms with E-state index in [9.17, 15) is 9.59 Å². The van der Waals surface area contributed by atoms with Crippen molar-refractivity contribution in [3.63, 3.8) is 0 Å². The first-order valence-corrected chi connectivity index (χ1v) is 8.76.